The molecule has 0 saturated heterocycles. The van der Waals surface area contributed by atoms with E-state index >= 15 is 0 Å². The quantitative estimate of drug-likeness (QED) is 0.897. The Labute approximate surface area is 150 Å². The molecule has 5 nitrogen and oxygen atoms in total. The molecule has 0 aliphatic rings. The normalized spacial score (nSPS) is 12.3. The molecule has 1 aromatic heterocycles. The van der Waals surface area contributed by atoms with Crippen molar-refractivity contribution in [2.45, 2.75) is 52.4 Å². The number of phenols is 1. The maximum Gasteiger partial charge on any atom is 0.262 e. The monoisotopic (exact) mass is 343 g/mol. The lowest BCUT2D eigenvalue weighted by Crippen LogP contribution is -2.28. The summed E-state index contributed by atoms with van der Waals surface area (Å²) in [6, 6.07) is 5.58. The number of hydrogen-bond acceptors (Lipinski definition) is 3. The zero-order chi connectivity index (χ0) is 19.2. The second-order valence-electron chi connectivity index (χ2n) is 8.63. The van der Waals surface area contributed by atoms with E-state index in [1.807, 2.05) is 26.8 Å². The van der Waals surface area contributed by atoms with Gasteiger partial charge < -0.3 is 5.11 Å². The number of nitrogens with zero attached hydrogens (tertiary/aromatic N) is 3. The predicted molar refractivity (Wildman–Crippen MR) is 101 cm³/mol. The van der Waals surface area contributed by atoms with E-state index in [1.54, 1.807) is 37.1 Å². The largest absolute Gasteiger partial charge is 0.507 e. The van der Waals surface area contributed by atoms with Crippen molar-refractivity contribution in [3.8, 4) is 5.75 Å². The van der Waals surface area contributed by atoms with E-state index in [0.717, 1.165) is 11.1 Å². The lowest BCUT2D eigenvalue weighted by molar-refractivity contribution is 0.0989. The third-order valence-electron chi connectivity index (χ3n) is 4.36. The van der Waals surface area contributed by atoms with Gasteiger partial charge in [-0.05, 0) is 22.5 Å². The zero-order valence-corrected chi connectivity index (χ0v) is 16.5. The van der Waals surface area contributed by atoms with Gasteiger partial charge in [-0.3, -0.25) is 14.4 Å². The molecule has 0 saturated carbocycles. The van der Waals surface area contributed by atoms with Gasteiger partial charge >= 0.3 is 0 Å². The molecular weight excluding hydrogens is 314 g/mol. The summed E-state index contributed by atoms with van der Waals surface area (Å²) in [4.78, 5) is 14.5. The number of benzene rings is 1. The Morgan fingerprint density at radius 3 is 2.16 bits per heavy atom. The minimum absolute atomic E-state index is 0.0493. The number of rotatable bonds is 2. The van der Waals surface area contributed by atoms with Gasteiger partial charge in [-0.1, -0.05) is 47.6 Å². The van der Waals surface area contributed by atoms with E-state index in [-0.39, 0.29) is 22.5 Å². The topological polar surface area (TPSA) is 58.4 Å². The van der Waals surface area contributed by atoms with Gasteiger partial charge in [0.25, 0.3) is 5.91 Å². The third-order valence-corrected chi connectivity index (χ3v) is 4.36. The highest BCUT2D eigenvalue weighted by atomic mass is 16.3. The zero-order valence-electron chi connectivity index (χ0n) is 16.5. The number of aromatic hydroxyl groups is 1. The summed E-state index contributed by atoms with van der Waals surface area (Å²) in [6.45, 7) is 12.4. The second-order valence-corrected chi connectivity index (χ2v) is 8.63. The molecule has 2 aromatic rings. The maximum absolute atomic E-state index is 13.1. The molecule has 0 unspecified atom stereocenters. The van der Waals surface area contributed by atoms with Crippen molar-refractivity contribution in [2.24, 2.45) is 7.05 Å². The smallest absolute Gasteiger partial charge is 0.262 e. The summed E-state index contributed by atoms with van der Waals surface area (Å²) >= 11 is 0. The Hall–Kier alpha value is -2.30. The lowest BCUT2D eigenvalue weighted by Gasteiger charge is -2.28. The van der Waals surface area contributed by atoms with Crippen LogP contribution in [-0.2, 0) is 17.9 Å². The summed E-state index contributed by atoms with van der Waals surface area (Å²) in [7, 11) is 3.47. The van der Waals surface area contributed by atoms with Gasteiger partial charge in [0.15, 0.2) is 5.82 Å². The molecule has 2 rings (SSSR count). The Morgan fingerprint density at radius 1 is 1.12 bits per heavy atom. The molecule has 1 heterocycles. The fourth-order valence-electron chi connectivity index (χ4n) is 2.67. The first-order valence-corrected chi connectivity index (χ1v) is 8.48. The van der Waals surface area contributed by atoms with Crippen molar-refractivity contribution in [2.75, 3.05) is 11.9 Å². The predicted octanol–water partition coefficient (Wildman–Crippen LogP) is 4.00. The summed E-state index contributed by atoms with van der Waals surface area (Å²) in [6.07, 6.45) is 1.78. The van der Waals surface area contributed by atoms with Crippen LogP contribution in [-0.4, -0.2) is 27.8 Å². The number of aryl methyl sites for hydroxylation is 1. The van der Waals surface area contributed by atoms with E-state index in [1.165, 1.54) is 4.90 Å². The van der Waals surface area contributed by atoms with Gasteiger partial charge in [0.1, 0.15) is 5.75 Å². The molecule has 1 N–H and O–H groups in total. The first kappa shape index (κ1) is 19.0. The fraction of sp³-hybridized carbons (Fsp3) is 0.500. The molecule has 0 aliphatic carbocycles. The highest BCUT2D eigenvalue weighted by molar-refractivity contribution is 6.07. The molecule has 1 aromatic carbocycles. The molecule has 1 amide bonds. The van der Waals surface area contributed by atoms with Crippen LogP contribution in [0.2, 0.25) is 0 Å². The van der Waals surface area contributed by atoms with Gasteiger partial charge in [0, 0.05) is 31.9 Å². The summed E-state index contributed by atoms with van der Waals surface area (Å²) < 4.78 is 1.64. The molecule has 0 fully saturated rings. The van der Waals surface area contributed by atoms with Crippen LogP contribution in [0, 0.1) is 0 Å². The number of carbonyl (C=O) groups excluding carboxylic acids is 1. The maximum atomic E-state index is 13.1. The van der Waals surface area contributed by atoms with Crippen LogP contribution in [0.15, 0.2) is 24.4 Å². The Morgan fingerprint density at radius 2 is 1.72 bits per heavy atom. The minimum Gasteiger partial charge on any atom is -0.507 e. The summed E-state index contributed by atoms with van der Waals surface area (Å²) in [5.41, 5.74) is 1.70. The van der Waals surface area contributed by atoms with Crippen LogP contribution in [0.25, 0.3) is 0 Å². The molecule has 0 radical (unpaired) electrons. The number of aromatic nitrogens is 2. The SMILES string of the molecule is CN(C(=O)c1cc(C(C)(C)C)cc(C(C)(C)C)c1O)c1ccn(C)n1. The Balaban J connectivity index is 2.61. The van der Waals surface area contributed by atoms with E-state index in [0.29, 0.717) is 11.4 Å². The fourth-order valence-corrected chi connectivity index (χ4v) is 2.67. The minimum atomic E-state index is -0.274. The van der Waals surface area contributed by atoms with Crippen molar-refractivity contribution in [1.82, 2.24) is 9.78 Å². The van der Waals surface area contributed by atoms with Crippen LogP contribution in [0.3, 0.4) is 0 Å². The third kappa shape index (κ3) is 3.86. The van der Waals surface area contributed by atoms with Gasteiger partial charge in [-0.15, -0.1) is 0 Å². The number of anilines is 1. The van der Waals surface area contributed by atoms with E-state index in [4.69, 9.17) is 0 Å². The van der Waals surface area contributed by atoms with E-state index < -0.39 is 0 Å². The van der Waals surface area contributed by atoms with Gasteiger partial charge in [-0.25, -0.2) is 0 Å². The summed E-state index contributed by atoms with van der Waals surface area (Å²) in [5, 5.41) is 15.1. The number of carbonyl (C=O) groups is 1. The van der Waals surface area contributed by atoms with Crippen LogP contribution < -0.4 is 4.90 Å². The summed E-state index contributed by atoms with van der Waals surface area (Å²) in [5.74, 6) is 0.325. The Bertz CT molecular complexity index is 792. The van der Waals surface area contributed by atoms with E-state index in [9.17, 15) is 9.90 Å². The van der Waals surface area contributed by atoms with Crippen LogP contribution in [0.4, 0.5) is 5.82 Å². The molecule has 0 bridgehead atoms. The molecule has 0 atom stereocenters. The van der Waals surface area contributed by atoms with E-state index in [2.05, 4.69) is 25.9 Å². The first-order valence-electron chi connectivity index (χ1n) is 8.48. The van der Waals surface area contributed by atoms with Gasteiger partial charge in [0.05, 0.1) is 5.56 Å². The van der Waals surface area contributed by atoms with Crippen molar-refractivity contribution in [1.29, 1.82) is 0 Å². The van der Waals surface area contributed by atoms with Gasteiger partial charge in [-0.2, -0.15) is 5.10 Å². The lowest BCUT2D eigenvalue weighted by atomic mass is 9.79. The van der Waals surface area contributed by atoms with Crippen molar-refractivity contribution in [3.63, 3.8) is 0 Å². The Kier molecular flexibility index (Phi) is 4.73. The van der Waals surface area contributed by atoms with Crippen LogP contribution in [0.1, 0.15) is 63.0 Å². The molecule has 0 spiro atoms. The van der Waals surface area contributed by atoms with Crippen molar-refractivity contribution in [3.05, 3.63) is 41.1 Å². The molecule has 0 aliphatic heterocycles. The number of amides is 1. The number of hydrogen-bond donors (Lipinski definition) is 1. The highest BCUT2D eigenvalue weighted by Crippen LogP contribution is 2.38. The molecular formula is C20H29N3O2. The molecule has 25 heavy (non-hydrogen) atoms. The van der Waals surface area contributed by atoms with Crippen LogP contribution >= 0.6 is 0 Å². The second kappa shape index (κ2) is 6.21. The molecule has 5 heteroatoms. The standard InChI is InChI=1S/C20H29N3O2/c1-19(2,3)13-11-14(17(24)15(12-13)20(4,5)6)18(25)23(8)16-9-10-22(7)21-16/h9-12,24H,1-8H3. The van der Waals surface area contributed by atoms with Gasteiger partial charge in [0.2, 0.25) is 0 Å². The van der Waals surface area contributed by atoms with Crippen molar-refractivity contribution >= 4 is 11.7 Å². The average molecular weight is 343 g/mol. The van der Waals surface area contributed by atoms with Crippen LogP contribution in [0.5, 0.6) is 5.75 Å². The van der Waals surface area contributed by atoms with Crippen molar-refractivity contribution < 1.29 is 9.90 Å². The average Bonchev–Trinajstić information content (AvgIpc) is 2.90. The molecule has 136 valence electrons. The number of phenolic OH excluding ortho intramolecular Hbond substituents is 1. The first-order chi connectivity index (χ1) is 11.3. The highest BCUT2D eigenvalue weighted by Gasteiger charge is 2.28.